The molecule has 0 aromatic heterocycles. The van der Waals surface area contributed by atoms with E-state index in [2.05, 4.69) is 0 Å². The largest absolute Gasteiger partial charge is 0.285 e. The van der Waals surface area contributed by atoms with E-state index < -0.39 is 11.6 Å². The van der Waals surface area contributed by atoms with Crippen LogP contribution < -0.4 is 0 Å². The predicted molar refractivity (Wildman–Crippen MR) is 80.5 cm³/mol. The highest BCUT2D eigenvalue weighted by Gasteiger charge is 2.21. The summed E-state index contributed by atoms with van der Waals surface area (Å²) in [5.74, 6) is -0.861. The first-order valence-corrected chi connectivity index (χ1v) is 6.63. The van der Waals surface area contributed by atoms with Crippen molar-refractivity contribution in [3.8, 4) is 0 Å². The molecule has 0 fully saturated rings. The quantitative estimate of drug-likeness (QED) is 0.622. The van der Waals surface area contributed by atoms with Gasteiger partial charge in [0.05, 0.1) is 0 Å². The molecule has 0 spiro atoms. The average molecular weight is 266 g/mol. The van der Waals surface area contributed by atoms with Gasteiger partial charge in [0.1, 0.15) is 0 Å². The van der Waals surface area contributed by atoms with Gasteiger partial charge in [-0.3, -0.25) is 9.59 Å². The standard InChI is InChI=1S/C18H18O2/c1-11-5-7-13(3)15(9-11)17(19)18(20)16-10-12(2)6-8-14(16)4/h5-10H,1-4H3. The van der Waals surface area contributed by atoms with Crippen LogP contribution in [0.15, 0.2) is 36.4 Å². The summed E-state index contributed by atoms with van der Waals surface area (Å²) in [5.41, 5.74) is 4.62. The summed E-state index contributed by atoms with van der Waals surface area (Å²) in [5, 5.41) is 0. The Bertz CT molecular complexity index is 635. The van der Waals surface area contributed by atoms with E-state index >= 15 is 0 Å². The Balaban J connectivity index is 2.45. The van der Waals surface area contributed by atoms with Gasteiger partial charge in [0.15, 0.2) is 0 Å². The topological polar surface area (TPSA) is 34.1 Å². The van der Waals surface area contributed by atoms with Crippen molar-refractivity contribution in [3.05, 3.63) is 69.8 Å². The van der Waals surface area contributed by atoms with Gasteiger partial charge in [-0.15, -0.1) is 0 Å². The van der Waals surface area contributed by atoms with Crippen molar-refractivity contribution < 1.29 is 9.59 Å². The SMILES string of the molecule is Cc1ccc(C)c(C(=O)C(=O)c2cc(C)ccc2C)c1. The second-order valence-corrected chi connectivity index (χ2v) is 5.29. The highest BCUT2D eigenvalue weighted by molar-refractivity contribution is 6.49. The molecule has 0 saturated carbocycles. The number of ketones is 2. The van der Waals surface area contributed by atoms with Gasteiger partial charge in [0, 0.05) is 11.1 Å². The van der Waals surface area contributed by atoms with Crippen LogP contribution in [0.25, 0.3) is 0 Å². The smallest absolute Gasteiger partial charge is 0.233 e. The van der Waals surface area contributed by atoms with E-state index in [1.54, 1.807) is 12.1 Å². The van der Waals surface area contributed by atoms with Crippen LogP contribution in [0, 0.1) is 27.7 Å². The Labute approximate surface area is 119 Å². The van der Waals surface area contributed by atoms with Gasteiger partial charge in [-0.2, -0.15) is 0 Å². The first kappa shape index (κ1) is 14.2. The van der Waals surface area contributed by atoms with E-state index in [1.807, 2.05) is 52.0 Å². The van der Waals surface area contributed by atoms with Gasteiger partial charge in [-0.1, -0.05) is 35.4 Å². The molecule has 0 saturated heterocycles. The van der Waals surface area contributed by atoms with Crippen molar-refractivity contribution in [2.75, 3.05) is 0 Å². The number of benzene rings is 2. The zero-order valence-corrected chi connectivity index (χ0v) is 12.3. The summed E-state index contributed by atoms with van der Waals surface area (Å²) < 4.78 is 0. The lowest BCUT2D eigenvalue weighted by molar-refractivity contribution is 0.0816. The van der Waals surface area contributed by atoms with Gasteiger partial charge < -0.3 is 0 Å². The summed E-state index contributed by atoms with van der Waals surface area (Å²) >= 11 is 0. The van der Waals surface area contributed by atoms with E-state index in [1.165, 1.54) is 0 Å². The maximum Gasteiger partial charge on any atom is 0.233 e. The minimum atomic E-state index is -0.431. The number of carbonyl (C=O) groups excluding carboxylic acids is 2. The van der Waals surface area contributed by atoms with Crippen LogP contribution in [0.4, 0.5) is 0 Å². The molecule has 2 aromatic carbocycles. The first-order valence-electron chi connectivity index (χ1n) is 6.63. The van der Waals surface area contributed by atoms with Crippen molar-refractivity contribution in [2.24, 2.45) is 0 Å². The first-order chi connectivity index (χ1) is 9.40. The lowest BCUT2D eigenvalue weighted by Gasteiger charge is -2.08. The Kier molecular flexibility index (Phi) is 3.84. The Morgan fingerprint density at radius 3 is 1.35 bits per heavy atom. The molecular weight excluding hydrogens is 248 g/mol. The summed E-state index contributed by atoms with van der Waals surface area (Å²) in [4.78, 5) is 24.9. The van der Waals surface area contributed by atoms with Crippen molar-refractivity contribution in [2.45, 2.75) is 27.7 Å². The van der Waals surface area contributed by atoms with Crippen molar-refractivity contribution in [1.82, 2.24) is 0 Å². The molecule has 0 aliphatic carbocycles. The molecule has 2 rings (SSSR count). The Hall–Kier alpha value is -2.22. The van der Waals surface area contributed by atoms with E-state index in [0.717, 1.165) is 22.3 Å². The fourth-order valence-electron chi connectivity index (χ4n) is 2.21. The summed E-state index contributed by atoms with van der Waals surface area (Å²) in [7, 11) is 0. The number of rotatable bonds is 3. The minimum Gasteiger partial charge on any atom is -0.285 e. The van der Waals surface area contributed by atoms with Gasteiger partial charge >= 0.3 is 0 Å². The molecule has 0 bridgehead atoms. The molecule has 0 atom stereocenters. The lowest BCUT2D eigenvalue weighted by atomic mass is 9.94. The molecule has 0 aliphatic heterocycles. The fourth-order valence-corrected chi connectivity index (χ4v) is 2.21. The maximum atomic E-state index is 12.4. The maximum absolute atomic E-state index is 12.4. The van der Waals surface area contributed by atoms with Crippen LogP contribution in [-0.4, -0.2) is 11.6 Å². The van der Waals surface area contributed by atoms with Crippen LogP contribution in [0.1, 0.15) is 43.0 Å². The summed E-state index contributed by atoms with van der Waals surface area (Å²) in [6.07, 6.45) is 0. The lowest BCUT2D eigenvalue weighted by Crippen LogP contribution is -2.17. The Morgan fingerprint density at radius 1 is 0.650 bits per heavy atom. The van der Waals surface area contributed by atoms with Crippen molar-refractivity contribution in [1.29, 1.82) is 0 Å². The second kappa shape index (κ2) is 5.41. The normalized spacial score (nSPS) is 10.4. The number of Topliss-reactive ketones (excluding diaryl/α,β-unsaturated/α-hetero) is 2. The van der Waals surface area contributed by atoms with Gasteiger partial charge in [-0.05, 0) is 51.0 Å². The fraction of sp³-hybridized carbons (Fsp3) is 0.222. The molecule has 0 radical (unpaired) electrons. The van der Waals surface area contributed by atoms with Crippen molar-refractivity contribution >= 4 is 11.6 Å². The van der Waals surface area contributed by atoms with E-state index in [-0.39, 0.29) is 0 Å². The zero-order chi connectivity index (χ0) is 14.9. The third-order valence-corrected chi connectivity index (χ3v) is 3.48. The third-order valence-electron chi connectivity index (χ3n) is 3.48. The van der Waals surface area contributed by atoms with Gasteiger partial charge in [0.2, 0.25) is 11.6 Å². The van der Waals surface area contributed by atoms with E-state index in [4.69, 9.17) is 0 Å². The van der Waals surface area contributed by atoms with Crippen LogP contribution in [-0.2, 0) is 0 Å². The van der Waals surface area contributed by atoms with Gasteiger partial charge in [-0.25, -0.2) is 0 Å². The van der Waals surface area contributed by atoms with Crippen LogP contribution >= 0.6 is 0 Å². The van der Waals surface area contributed by atoms with Crippen LogP contribution in [0.2, 0.25) is 0 Å². The average Bonchev–Trinajstić information content (AvgIpc) is 2.42. The predicted octanol–water partition coefficient (Wildman–Crippen LogP) is 3.99. The second-order valence-electron chi connectivity index (χ2n) is 5.29. The molecule has 2 heteroatoms. The number of hydrogen-bond acceptors (Lipinski definition) is 2. The monoisotopic (exact) mass is 266 g/mol. The molecule has 0 unspecified atom stereocenters. The molecule has 0 amide bonds. The third kappa shape index (κ3) is 2.69. The number of aryl methyl sites for hydroxylation is 4. The Morgan fingerprint density at radius 2 is 1.00 bits per heavy atom. The number of hydrogen-bond donors (Lipinski definition) is 0. The summed E-state index contributed by atoms with van der Waals surface area (Å²) in [6.45, 7) is 7.53. The van der Waals surface area contributed by atoms with Crippen LogP contribution in [0.3, 0.4) is 0 Å². The molecular formula is C18H18O2. The molecule has 0 aliphatic rings. The molecule has 2 nitrogen and oxygen atoms in total. The van der Waals surface area contributed by atoms with Gasteiger partial charge in [0.25, 0.3) is 0 Å². The molecule has 0 N–H and O–H groups in total. The van der Waals surface area contributed by atoms with E-state index in [0.29, 0.717) is 11.1 Å². The number of carbonyl (C=O) groups is 2. The molecule has 0 heterocycles. The van der Waals surface area contributed by atoms with Crippen LogP contribution in [0.5, 0.6) is 0 Å². The molecule has 2 aromatic rings. The highest BCUT2D eigenvalue weighted by Crippen LogP contribution is 2.17. The highest BCUT2D eigenvalue weighted by atomic mass is 16.2. The molecule has 102 valence electrons. The minimum absolute atomic E-state index is 0.431. The zero-order valence-electron chi connectivity index (χ0n) is 12.3. The van der Waals surface area contributed by atoms with Crippen molar-refractivity contribution in [3.63, 3.8) is 0 Å². The molecule has 20 heavy (non-hydrogen) atoms. The van der Waals surface area contributed by atoms with E-state index in [9.17, 15) is 9.59 Å². The summed E-state index contributed by atoms with van der Waals surface area (Å²) in [6, 6.07) is 11.2.